The molecule has 1 aromatic rings. The molecule has 1 aliphatic carbocycles. The van der Waals surface area contributed by atoms with E-state index in [0.717, 1.165) is 25.0 Å². The predicted molar refractivity (Wildman–Crippen MR) is 79.2 cm³/mol. The van der Waals surface area contributed by atoms with E-state index in [2.05, 4.69) is 11.6 Å². The Labute approximate surface area is 129 Å². The van der Waals surface area contributed by atoms with Crippen molar-refractivity contribution in [1.82, 2.24) is 4.72 Å². The Morgan fingerprint density at radius 3 is 2.67 bits per heavy atom. The number of hydrogen-bond donors (Lipinski definition) is 2. The Kier molecular flexibility index (Phi) is 4.92. The third-order valence-corrected chi connectivity index (χ3v) is 5.86. The molecule has 1 aromatic carbocycles. The number of halogens is 2. The van der Waals surface area contributed by atoms with E-state index in [1.165, 1.54) is 6.07 Å². The van der Waals surface area contributed by atoms with E-state index in [0.29, 0.717) is 18.8 Å². The quantitative estimate of drug-likeness (QED) is 0.889. The number of benzene rings is 1. The SMILES string of the molecule is CC1CCC(O)(CNS(=O)(=O)c2cc(F)ccc2Cl)CC1. The van der Waals surface area contributed by atoms with Crippen molar-refractivity contribution < 1.29 is 17.9 Å². The summed E-state index contributed by atoms with van der Waals surface area (Å²) in [4.78, 5) is -0.308. The van der Waals surface area contributed by atoms with Gasteiger partial charge in [0.1, 0.15) is 10.7 Å². The Hall–Kier alpha value is -0.690. The maximum atomic E-state index is 13.2. The summed E-state index contributed by atoms with van der Waals surface area (Å²) in [5.74, 6) is -0.135. The molecular weight excluding hydrogens is 317 g/mol. The first kappa shape index (κ1) is 16.7. The highest BCUT2D eigenvalue weighted by Crippen LogP contribution is 2.32. The molecule has 0 radical (unpaired) electrons. The van der Waals surface area contributed by atoms with Gasteiger partial charge < -0.3 is 5.11 Å². The first-order chi connectivity index (χ1) is 9.72. The zero-order chi connectivity index (χ0) is 15.7. The average Bonchev–Trinajstić information content (AvgIpc) is 2.43. The maximum absolute atomic E-state index is 13.2. The van der Waals surface area contributed by atoms with Crippen LogP contribution in [0.2, 0.25) is 5.02 Å². The summed E-state index contributed by atoms with van der Waals surface area (Å²) in [5, 5.41) is 10.3. The molecule has 1 saturated carbocycles. The molecule has 1 fully saturated rings. The lowest BCUT2D eigenvalue weighted by Crippen LogP contribution is -2.45. The molecule has 0 saturated heterocycles. The van der Waals surface area contributed by atoms with Crippen molar-refractivity contribution in [3.8, 4) is 0 Å². The lowest BCUT2D eigenvalue weighted by molar-refractivity contribution is -0.00182. The lowest BCUT2D eigenvalue weighted by Gasteiger charge is -2.34. The van der Waals surface area contributed by atoms with Crippen LogP contribution in [0.15, 0.2) is 23.1 Å². The highest BCUT2D eigenvalue weighted by molar-refractivity contribution is 7.89. The van der Waals surface area contributed by atoms with Crippen molar-refractivity contribution in [2.75, 3.05) is 6.54 Å². The van der Waals surface area contributed by atoms with Crippen LogP contribution in [0.3, 0.4) is 0 Å². The fourth-order valence-corrected chi connectivity index (χ4v) is 4.10. The molecule has 4 nitrogen and oxygen atoms in total. The summed E-state index contributed by atoms with van der Waals surface area (Å²) in [7, 11) is -3.95. The first-order valence-electron chi connectivity index (χ1n) is 6.89. The van der Waals surface area contributed by atoms with Crippen LogP contribution < -0.4 is 4.72 Å². The van der Waals surface area contributed by atoms with Crippen molar-refractivity contribution in [3.63, 3.8) is 0 Å². The monoisotopic (exact) mass is 335 g/mol. The lowest BCUT2D eigenvalue weighted by atomic mass is 9.80. The van der Waals surface area contributed by atoms with Crippen molar-refractivity contribution in [1.29, 1.82) is 0 Å². The highest BCUT2D eigenvalue weighted by Gasteiger charge is 2.33. The van der Waals surface area contributed by atoms with E-state index < -0.39 is 21.4 Å². The van der Waals surface area contributed by atoms with Gasteiger partial charge >= 0.3 is 0 Å². The second kappa shape index (κ2) is 6.20. The van der Waals surface area contributed by atoms with Gasteiger partial charge in [0.25, 0.3) is 0 Å². The van der Waals surface area contributed by atoms with E-state index in [9.17, 15) is 17.9 Å². The Balaban J connectivity index is 2.09. The second-order valence-electron chi connectivity index (χ2n) is 5.81. The average molecular weight is 336 g/mol. The minimum absolute atomic E-state index is 0.0480. The van der Waals surface area contributed by atoms with E-state index in [-0.39, 0.29) is 16.5 Å². The topological polar surface area (TPSA) is 66.4 Å². The molecule has 0 aliphatic heterocycles. The molecule has 0 amide bonds. The molecular formula is C14H19ClFNO3S. The van der Waals surface area contributed by atoms with E-state index in [1.807, 2.05) is 0 Å². The van der Waals surface area contributed by atoms with Crippen LogP contribution in [0.5, 0.6) is 0 Å². The Bertz CT molecular complexity index is 613. The van der Waals surface area contributed by atoms with Gasteiger partial charge in [0.2, 0.25) is 10.0 Å². The molecule has 0 unspecified atom stereocenters. The van der Waals surface area contributed by atoms with Gasteiger partial charge in [0.15, 0.2) is 0 Å². The summed E-state index contributed by atoms with van der Waals surface area (Å²) >= 11 is 5.81. The fourth-order valence-electron chi connectivity index (χ4n) is 2.47. The molecule has 21 heavy (non-hydrogen) atoms. The van der Waals surface area contributed by atoms with Gasteiger partial charge in [-0.15, -0.1) is 0 Å². The first-order valence-corrected chi connectivity index (χ1v) is 8.75. The number of sulfonamides is 1. The molecule has 0 aromatic heterocycles. The third kappa shape index (κ3) is 4.16. The molecule has 2 rings (SSSR count). The number of rotatable bonds is 4. The molecule has 0 heterocycles. The minimum Gasteiger partial charge on any atom is -0.389 e. The minimum atomic E-state index is -3.95. The Morgan fingerprint density at radius 2 is 2.05 bits per heavy atom. The second-order valence-corrected chi connectivity index (χ2v) is 7.95. The van der Waals surface area contributed by atoms with Gasteiger partial charge in [-0.05, 0) is 49.8 Å². The zero-order valence-corrected chi connectivity index (χ0v) is 13.3. The largest absolute Gasteiger partial charge is 0.389 e. The summed E-state index contributed by atoms with van der Waals surface area (Å²) in [6.07, 6.45) is 2.82. The zero-order valence-electron chi connectivity index (χ0n) is 11.8. The Morgan fingerprint density at radius 1 is 1.43 bits per heavy atom. The smallest absolute Gasteiger partial charge is 0.242 e. The van der Waals surface area contributed by atoms with Gasteiger partial charge in [-0.25, -0.2) is 17.5 Å². The van der Waals surface area contributed by atoms with Crippen LogP contribution in [0.25, 0.3) is 0 Å². The van der Waals surface area contributed by atoms with Crippen LogP contribution >= 0.6 is 11.6 Å². The highest BCUT2D eigenvalue weighted by atomic mass is 35.5. The van der Waals surface area contributed by atoms with Crippen molar-refractivity contribution in [3.05, 3.63) is 29.0 Å². The summed E-state index contributed by atoms with van der Waals surface area (Å²) in [6, 6.07) is 3.16. The molecule has 0 spiro atoms. The van der Waals surface area contributed by atoms with E-state index in [1.54, 1.807) is 0 Å². The summed E-state index contributed by atoms with van der Waals surface area (Å²) in [5.41, 5.74) is -1.04. The fraction of sp³-hybridized carbons (Fsp3) is 0.571. The van der Waals surface area contributed by atoms with Gasteiger partial charge in [-0.2, -0.15) is 0 Å². The van der Waals surface area contributed by atoms with Gasteiger partial charge in [0, 0.05) is 6.54 Å². The van der Waals surface area contributed by atoms with E-state index >= 15 is 0 Å². The maximum Gasteiger partial charge on any atom is 0.242 e. The van der Waals surface area contributed by atoms with Crippen molar-refractivity contribution in [2.24, 2.45) is 5.92 Å². The van der Waals surface area contributed by atoms with Gasteiger partial charge in [-0.1, -0.05) is 18.5 Å². The number of nitrogens with one attached hydrogen (secondary N) is 1. The third-order valence-electron chi connectivity index (χ3n) is 3.98. The predicted octanol–water partition coefficient (Wildman–Crippen LogP) is 2.70. The van der Waals surface area contributed by atoms with Gasteiger partial charge in [-0.3, -0.25) is 0 Å². The molecule has 7 heteroatoms. The normalized spacial score (nSPS) is 26.8. The van der Waals surface area contributed by atoms with Crippen molar-refractivity contribution in [2.45, 2.75) is 43.1 Å². The number of aliphatic hydroxyl groups is 1. The molecule has 0 atom stereocenters. The van der Waals surface area contributed by atoms with Gasteiger partial charge in [0.05, 0.1) is 10.6 Å². The van der Waals surface area contributed by atoms with Crippen LogP contribution in [-0.4, -0.2) is 25.7 Å². The van der Waals surface area contributed by atoms with Crippen LogP contribution in [0, 0.1) is 11.7 Å². The van der Waals surface area contributed by atoms with E-state index in [4.69, 9.17) is 11.6 Å². The summed E-state index contributed by atoms with van der Waals surface area (Å²) < 4.78 is 39.9. The van der Waals surface area contributed by atoms with Crippen molar-refractivity contribution >= 4 is 21.6 Å². The molecule has 0 bridgehead atoms. The number of hydrogen-bond acceptors (Lipinski definition) is 3. The van der Waals surface area contributed by atoms with Crippen LogP contribution in [0.4, 0.5) is 4.39 Å². The molecule has 2 N–H and O–H groups in total. The molecule has 118 valence electrons. The summed E-state index contributed by atoms with van der Waals surface area (Å²) in [6.45, 7) is 2.02. The van der Waals surface area contributed by atoms with Crippen LogP contribution in [0.1, 0.15) is 32.6 Å². The molecule has 1 aliphatic rings. The standard InChI is InChI=1S/C14H19ClFNO3S/c1-10-4-6-14(18,7-5-10)9-17-21(19,20)13-8-11(16)2-3-12(13)15/h2-3,8,10,17-18H,4-7,9H2,1H3. The van der Waals surface area contributed by atoms with Crippen LogP contribution in [-0.2, 0) is 10.0 Å².